The van der Waals surface area contributed by atoms with Gasteiger partial charge in [0.05, 0.1) is 9.95 Å². The third kappa shape index (κ3) is 3.18. The number of nitro groups is 1. The normalized spacial score (nSPS) is 10.9. The van der Waals surface area contributed by atoms with Crippen LogP contribution in [0.4, 0.5) is 14.5 Å². The predicted octanol–water partition coefficient (Wildman–Crippen LogP) is 3.46. The van der Waals surface area contributed by atoms with Gasteiger partial charge in [-0.25, -0.2) is 8.78 Å². The second-order valence-electron chi connectivity index (χ2n) is 3.28. The van der Waals surface area contributed by atoms with Gasteiger partial charge in [-0.3, -0.25) is 15.2 Å². The van der Waals surface area contributed by atoms with Gasteiger partial charge in [0.1, 0.15) is 0 Å². The average Bonchev–Trinajstić information content (AvgIpc) is 2.80. The van der Waals surface area contributed by atoms with Gasteiger partial charge in [-0.1, -0.05) is 11.6 Å². The van der Waals surface area contributed by atoms with E-state index in [-0.39, 0.29) is 15.9 Å². The Balaban J connectivity index is 2.20. The van der Waals surface area contributed by atoms with E-state index in [1.165, 1.54) is 18.2 Å². The van der Waals surface area contributed by atoms with E-state index in [2.05, 4.69) is 15.2 Å². The lowest BCUT2D eigenvalue weighted by atomic mass is 10.3. The second-order valence-corrected chi connectivity index (χ2v) is 4.69. The van der Waals surface area contributed by atoms with Crippen molar-refractivity contribution in [2.24, 2.45) is 0 Å². The first-order valence-corrected chi connectivity index (χ1v) is 5.99. The molecule has 0 radical (unpaired) electrons. The summed E-state index contributed by atoms with van der Waals surface area (Å²) in [5.41, 5.74) is -0.155. The molecule has 100 valence electrons. The number of hydrogen-bond donors (Lipinski definition) is 1. The molecule has 0 bridgehead atoms. The predicted molar refractivity (Wildman–Crippen MR) is 63.6 cm³/mol. The highest BCUT2D eigenvalue weighted by atomic mass is 35.5. The molecule has 1 aromatic heterocycles. The van der Waals surface area contributed by atoms with Crippen molar-refractivity contribution < 1.29 is 13.7 Å². The molecular formula is C9H5ClF2N4O2S. The van der Waals surface area contributed by atoms with Crippen molar-refractivity contribution in [2.45, 2.75) is 16.5 Å². The summed E-state index contributed by atoms with van der Waals surface area (Å²) in [5, 5.41) is 16.4. The van der Waals surface area contributed by atoms with Crippen LogP contribution in [-0.2, 0) is 0 Å². The van der Waals surface area contributed by atoms with Gasteiger partial charge in [0.15, 0.2) is 5.82 Å². The fourth-order valence-electron chi connectivity index (χ4n) is 1.19. The van der Waals surface area contributed by atoms with Crippen LogP contribution in [0.25, 0.3) is 0 Å². The average molecular weight is 307 g/mol. The number of rotatable bonds is 4. The molecule has 1 heterocycles. The van der Waals surface area contributed by atoms with Crippen molar-refractivity contribution in [1.29, 1.82) is 0 Å². The summed E-state index contributed by atoms with van der Waals surface area (Å²) in [6, 6.07) is 3.84. The third-order valence-corrected chi connectivity index (χ3v) is 3.38. The Hall–Kier alpha value is -1.74. The van der Waals surface area contributed by atoms with Crippen LogP contribution in [0.2, 0.25) is 5.02 Å². The molecule has 0 aliphatic heterocycles. The molecule has 0 saturated carbocycles. The lowest BCUT2D eigenvalue weighted by Gasteiger charge is -2.00. The fraction of sp³-hybridized carbons (Fsp3) is 0.111. The summed E-state index contributed by atoms with van der Waals surface area (Å²) < 4.78 is 24.6. The Bertz CT molecular complexity index is 622. The van der Waals surface area contributed by atoms with E-state index in [0.717, 1.165) is 11.8 Å². The van der Waals surface area contributed by atoms with Crippen LogP contribution in [0.3, 0.4) is 0 Å². The molecule has 2 aromatic rings. The number of non-ortho nitro benzene ring substituents is 1. The van der Waals surface area contributed by atoms with Crippen LogP contribution in [-0.4, -0.2) is 20.1 Å². The standard InChI is InChI=1S/C9H5ClF2N4O2S/c10-5-3-4(16(17)18)1-2-6(5)19-9-13-8(7(11)12)14-15-9/h1-3,7H,(H,13,14,15). The zero-order valence-corrected chi connectivity index (χ0v) is 10.6. The summed E-state index contributed by atoms with van der Waals surface area (Å²) >= 11 is 6.79. The number of nitrogens with zero attached hydrogens (tertiary/aromatic N) is 3. The molecule has 6 nitrogen and oxygen atoms in total. The second kappa shape index (κ2) is 5.49. The Kier molecular flexibility index (Phi) is 3.96. The minimum absolute atomic E-state index is 0.0612. The maximum atomic E-state index is 12.3. The molecule has 0 amide bonds. The van der Waals surface area contributed by atoms with Gasteiger partial charge < -0.3 is 0 Å². The van der Waals surface area contributed by atoms with Gasteiger partial charge in [0, 0.05) is 17.0 Å². The van der Waals surface area contributed by atoms with Gasteiger partial charge in [0.25, 0.3) is 12.1 Å². The minimum atomic E-state index is -2.74. The minimum Gasteiger partial charge on any atom is -0.258 e. The highest BCUT2D eigenvalue weighted by Gasteiger charge is 2.16. The number of nitro benzene ring substituents is 1. The molecular weight excluding hydrogens is 302 g/mol. The van der Waals surface area contributed by atoms with Crippen LogP contribution in [0.5, 0.6) is 0 Å². The van der Waals surface area contributed by atoms with Crippen molar-refractivity contribution in [2.75, 3.05) is 0 Å². The largest absolute Gasteiger partial charge is 0.296 e. The molecule has 2 rings (SSSR count). The van der Waals surface area contributed by atoms with Crippen molar-refractivity contribution in [3.8, 4) is 0 Å². The monoisotopic (exact) mass is 306 g/mol. The number of nitrogens with one attached hydrogen (secondary N) is 1. The summed E-state index contributed by atoms with van der Waals surface area (Å²) in [5.74, 6) is -0.541. The number of hydrogen-bond acceptors (Lipinski definition) is 5. The lowest BCUT2D eigenvalue weighted by Crippen LogP contribution is -1.88. The van der Waals surface area contributed by atoms with Crippen LogP contribution >= 0.6 is 23.4 Å². The quantitative estimate of drug-likeness (QED) is 0.690. The number of alkyl halides is 2. The smallest absolute Gasteiger partial charge is 0.258 e. The van der Waals surface area contributed by atoms with Crippen molar-refractivity contribution in [3.63, 3.8) is 0 Å². The van der Waals surface area contributed by atoms with Crippen molar-refractivity contribution in [3.05, 3.63) is 39.2 Å². The van der Waals surface area contributed by atoms with E-state index in [1.54, 1.807) is 0 Å². The Morgan fingerprint density at radius 3 is 2.74 bits per heavy atom. The summed E-state index contributed by atoms with van der Waals surface area (Å²) in [6.45, 7) is 0. The fourth-order valence-corrected chi connectivity index (χ4v) is 2.20. The maximum Gasteiger partial charge on any atom is 0.296 e. The number of H-pyrrole nitrogens is 1. The van der Waals surface area contributed by atoms with Gasteiger partial charge in [-0.15, -0.1) is 5.10 Å². The van der Waals surface area contributed by atoms with Gasteiger partial charge >= 0.3 is 0 Å². The zero-order chi connectivity index (χ0) is 14.0. The highest BCUT2D eigenvalue weighted by molar-refractivity contribution is 7.99. The van der Waals surface area contributed by atoms with E-state index in [0.29, 0.717) is 4.90 Å². The van der Waals surface area contributed by atoms with E-state index in [4.69, 9.17) is 11.6 Å². The molecule has 1 aromatic carbocycles. The molecule has 0 aliphatic rings. The van der Waals surface area contributed by atoms with E-state index in [1.807, 2.05) is 0 Å². The number of benzene rings is 1. The first-order valence-electron chi connectivity index (χ1n) is 4.79. The number of aromatic amines is 1. The molecule has 0 aliphatic carbocycles. The third-order valence-electron chi connectivity index (χ3n) is 2.02. The first kappa shape index (κ1) is 13.7. The molecule has 0 saturated heterocycles. The molecule has 10 heteroatoms. The van der Waals surface area contributed by atoms with Gasteiger partial charge in [-0.2, -0.15) is 4.98 Å². The summed E-state index contributed by atoms with van der Waals surface area (Å²) in [6.07, 6.45) is -2.74. The number of aromatic nitrogens is 3. The highest BCUT2D eigenvalue weighted by Crippen LogP contribution is 2.34. The molecule has 19 heavy (non-hydrogen) atoms. The molecule has 0 fully saturated rings. The van der Waals surface area contributed by atoms with Crippen molar-refractivity contribution in [1.82, 2.24) is 15.2 Å². The van der Waals surface area contributed by atoms with E-state index < -0.39 is 17.2 Å². The lowest BCUT2D eigenvalue weighted by molar-refractivity contribution is -0.384. The summed E-state index contributed by atoms with van der Waals surface area (Å²) in [7, 11) is 0. The topological polar surface area (TPSA) is 84.7 Å². The molecule has 1 N–H and O–H groups in total. The van der Waals surface area contributed by atoms with Crippen LogP contribution in [0.1, 0.15) is 12.2 Å². The Morgan fingerprint density at radius 1 is 1.47 bits per heavy atom. The van der Waals surface area contributed by atoms with Gasteiger partial charge in [0.2, 0.25) is 5.16 Å². The van der Waals surface area contributed by atoms with Crippen LogP contribution in [0, 0.1) is 10.1 Å². The first-order chi connectivity index (χ1) is 8.97. The number of halogens is 3. The van der Waals surface area contributed by atoms with Crippen molar-refractivity contribution >= 4 is 29.1 Å². The maximum absolute atomic E-state index is 12.3. The Labute approximate surface area is 114 Å². The van der Waals surface area contributed by atoms with Crippen LogP contribution < -0.4 is 0 Å². The Morgan fingerprint density at radius 2 is 2.21 bits per heavy atom. The van der Waals surface area contributed by atoms with E-state index >= 15 is 0 Å². The van der Waals surface area contributed by atoms with Crippen LogP contribution in [0.15, 0.2) is 28.3 Å². The SMILES string of the molecule is O=[N+]([O-])c1ccc(Sc2n[nH]c(C(F)F)n2)c(Cl)c1. The molecule has 0 spiro atoms. The van der Waals surface area contributed by atoms with Gasteiger partial charge in [-0.05, 0) is 17.8 Å². The molecule has 0 unspecified atom stereocenters. The summed E-state index contributed by atoms with van der Waals surface area (Å²) in [4.78, 5) is 13.9. The molecule has 0 atom stereocenters. The zero-order valence-electron chi connectivity index (χ0n) is 9.01. The van der Waals surface area contributed by atoms with E-state index in [9.17, 15) is 18.9 Å².